The fourth-order valence-electron chi connectivity index (χ4n) is 3.49. The van der Waals surface area contributed by atoms with Gasteiger partial charge in [-0.05, 0) is 42.5 Å². The minimum atomic E-state index is -0.732. The fourth-order valence-corrected chi connectivity index (χ4v) is 3.49. The van der Waals surface area contributed by atoms with Crippen LogP contribution < -0.4 is 11.1 Å². The summed E-state index contributed by atoms with van der Waals surface area (Å²) in [4.78, 5) is 16.3. The van der Waals surface area contributed by atoms with E-state index in [1.54, 1.807) is 7.11 Å². The van der Waals surface area contributed by atoms with Gasteiger partial charge in [-0.2, -0.15) is 0 Å². The molecule has 1 aliphatic carbocycles. The van der Waals surface area contributed by atoms with Gasteiger partial charge >= 0.3 is 0 Å². The number of hydrogen-bond donors (Lipinski definition) is 3. The van der Waals surface area contributed by atoms with Crippen molar-refractivity contribution in [1.82, 2.24) is 5.32 Å². The molecule has 1 fully saturated rings. The third-order valence-corrected chi connectivity index (χ3v) is 4.55. The van der Waals surface area contributed by atoms with Gasteiger partial charge in [0.15, 0.2) is 0 Å². The van der Waals surface area contributed by atoms with Gasteiger partial charge < -0.3 is 20.9 Å². The van der Waals surface area contributed by atoms with Crippen molar-refractivity contribution >= 4 is 17.4 Å². The molecule has 1 aliphatic heterocycles. The largest absolute Gasteiger partial charge is 0.392 e. The number of rotatable bonds is 4. The molecular formula is C17H23N3O3. The molecule has 3 unspecified atom stereocenters. The van der Waals surface area contributed by atoms with Crippen LogP contribution in [0, 0.1) is 0 Å². The van der Waals surface area contributed by atoms with E-state index >= 15 is 0 Å². The summed E-state index contributed by atoms with van der Waals surface area (Å²) in [5.41, 5.74) is 7.98. The molecule has 0 spiro atoms. The zero-order chi connectivity index (χ0) is 16.4. The normalized spacial score (nSPS) is 28.4. The van der Waals surface area contributed by atoms with E-state index in [1.165, 1.54) is 0 Å². The number of ether oxygens (including phenoxy) is 1. The summed E-state index contributed by atoms with van der Waals surface area (Å²) in [5.74, 6) is -0.185. The van der Waals surface area contributed by atoms with Crippen molar-refractivity contribution in [3.8, 4) is 0 Å². The van der Waals surface area contributed by atoms with Crippen LogP contribution in [0.15, 0.2) is 23.2 Å². The molecule has 0 bridgehead atoms. The molecular weight excluding hydrogens is 294 g/mol. The maximum absolute atomic E-state index is 11.6. The Morgan fingerprint density at radius 3 is 3.09 bits per heavy atom. The van der Waals surface area contributed by atoms with Crippen molar-refractivity contribution < 1.29 is 14.6 Å². The van der Waals surface area contributed by atoms with E-state index in [2.05, 4.69) is 10.3 Å². The van der Waals surface area contributed by atoms with Crippen LogP contribution in [0.4, 0.5) is 5.69 Å². The van der Waals surface area contributed by atoms with Crippen molar-refractivity contribution in [2.24, 2.45) is 10.7 Å². The summed E-state index contributed by atoms with van der Waals surface area (Å²) in [7, 11) is 1.70. The van der Waals surface area contributed by atoms with Crippen molar-refractivity contribution in [2.45, 2.75) is 43.7 Å². The van der Waals surface area contributed by atoms with E-state index in [0.717, 1.165) is 41.9 Å². The van der Waals surface area contributed by atoms with E-state index in [9.17, 15) is 9.90 Å². The highest BCUT2D eigenvalue weighted by Gasteiger charge is 2.35. The standard InChI is InChI=1S/C17H23N3O3/c1-23-9-12-3-2-4-15(20-12)19-11-6-5-10-7-14(21)16(17(18)22)13(10)8-11/h5-6,8,12,14,16,21H,2-4,7,9H2,1H3,(H2,18,22)(H,19,20). The minimum absolute atomic E-state index is 0.294. The Hall–Kier alpha value is -1.92. The van der Waals surface area contributed by atoms with Crippen LogP contribution in [0.1, 0.15) is 36.3 Å². The molecule has 2 aliphatic rings. The molecule has 4 N–H and O–H groups in total. The van der Waals surface area contributed by atoms with E-state index < -0.39 is 17.9 Å². The third-order valence-electron chi connectivity index (χ3n) is 4.55. The lowest BCUT2D eigenvalue weighted by atomic mass is 9.99. The number of nitrogens with zero attached hydrogens (tertiary/aromatic N) is 1. The second-order valence-electron chi connectivity index (χ2n) is 6.28. The van der Waals surface area contributed by atoms with Gasteiger partial charge in [-0.25, -0.2) is 4.99 Å². The van der Waals surface area contributed by atoms with Gasteiger partial charge in [0.05, 0.1) is 30.4 Å². The molecule has 0 saturated carbocycles. The Balaban J connectivity index is 1.82. The second-order valence-corrected chi connectivity index (χ2v) is 6.28. The first-order valence-corrected chi connectivity index (χ1v) is 8.01. The van der Waals surface area contributed by atoms with Crippen LogP contribution in [0.25, 0.3) is 0 Å². The highest BCUT2D eigenvalue weighted by molar-refractivity contribution is 5.87. The number of nitrogens with one attached hydrogen (secondary N) is 1. The Morgan fingerprint density at radius 1 is 1.52 bits per heavy atom. The highest BCUT2D eigenvalue weighted by Crippen LogP contribution is 2.35. The number of nitrogens with two attached hydrogens (primary N) is 1. The zero-order valence-corrected chi connectivity index (χ0v) is 13.3. The van der Waals surface area contributed by atoms with Crippen molar-refractivity contribution in [2.75, 3.05) is 13.7 Å². The molecule has 1 amide bonds. The summed E-state index contributed by atoms with van der Waals surface area (Å²) >= 11 is 0. The van der Waals surface area contributed by atoms with Crippen LogP contribution in [-0.2, 0) is 16.0 Å². The lowest BCUT2D eigenvalue weighted by Crippen LogP contribution is -2.41. The Kier molecular flexibility index (Phi) is 4.63. The number of piperidine rings is 1. The first-order chi connectivity index (χ1) is 11.1. The number of carbonyl (C=O) groups is 1. The molecule has 1 aromatic rings. The molecule has 124 valence electrons. The molecule has 1 heterocycles. The monoisotopic (exact) mass is 317 g/mol. The number of methoxy groups -OCH3 is 1. The number of aliphatic imine (C=N–C) groups is 1. The van der Waals surface area contributed by atoms with Crippen molar-refractivity contribution in [3.05, 3.63) is 29.3 Å². The average Bonchev–Trinajstić information content (AvgIpc) is 2.83. The van der Waals surface area contributed by atoms with Crippen LogP contribution in [0.3, 0.4) is 0 Å². The fraction of sp³-hybridized carbons (Fsp3) is 0.529. The van der Waals surface area contributed by atoms with Crippen LogP contribution in [-0.4, -0.2) is 42.7 Å². The second kappa shape index (κ2) is 6.68. The maximum atomic E-state index is 11.6. The number of hydrogen-bond acceptors (Lipinski definition) is 4. The SMILES string of the molecule is COCC1CCCC(=Nc2ccc3c(c2)C(C(N)=O)C(O)C3)N1. The quantitative estimate of drug-likeness (QED) is 0.771. The van der Waals surface area contributed by atoms with Crippen molar-refractivity contribution in [1.29, 1.82) is 0 Å². The smallest absolute Gasteiger partial charge is 0.227 e. The molecule has 0 radical (unpaired) electrons. The summed E-state index contributed by atoms with van der Waals surface area (Å²) in [6.07, 6.45) is 2.79. The summed E-state index contributed by atoms with van der Waals surface area (Å²) < 4.78 is 5.20. The van der Waals surface area contributed by atoms with E-state index in [0.29, 0.717) is 19.1 Å². The number of fused-ring (bicyclic) bond motifs is 1. The van der Waals surface area contributed by atoms with Gasteiger partial charge in [-0.1, -0.05) is 6.07 Å². The Morgan fingerprint density at radius 2 is 2.35 bits per heavy atom. The van der Waals surface area contributed by atoms with E-state index in [-0.39, 0.29) is 0 Å². The molecule has 23 heavy (non-hydrogen) atoms. The van der Waals surface area contributed by atoms with Crippen LogP contribution in [0.2, 0.25) is 0 Å². The van der Waals surface area contributed by atoms with Gasteiger partial charge in [-0.15, -0.1) is 0 Å². The van der Waals surface area contributed by atoms with Crippen LogP contribution >= 0.6 is 0 Å². The lowest BCUT2D eigenvalue weighted by Gasteiger charge is -2.25. The number of aliphatic hydroxyl groups excluding tert-OH is 1. The summed E-state index contributed by atoms with van der Waals surface area (Å²) in [5, 5.41) is 13.4. The molecule has 6 nitrogen and oxygen atoms in total. The number of aliphatic hydroxyl groups is 1. The number of carbonyl (C=O) groups excluding carboxylic acids is 1. The third kappa shape index (κ3) is 3.38. The maximum Gasteiger partial charge on any atom is 0.227 e. The minimum Gasteiger partial charge on any atom is -0.392 e. The predicted octanol–water partition coefficient (Wildman–Crippen LogP) is 0.991. The van der Waals surface area contributed by atoms with E-state index in [1.807, 2.05) is 18.2 Å². The number of amides is 1. The van der Waals surface area contributed by atoms with Gasteiger partial charge in [0.2, 0.25) is 5.91 Å². The average molecular weight is 317 g/mol. The van der Waals surface area contributed by atoms with Crippen molar-refractivity contribution in [3.63, 3.8) is 0 Å². The first kappa shape index (κ1) is 16.0. The Labute approximate surface area is 135 Å². The van der Waals surface area contributed by atoms with Gasteiger partial charge in [-0.3, -0.25) is 4.79 Å². The van der Waals surface area contributed by atoms with Gasteiger partial charge in [0.25, 0.3) is 0 Å². The highest BCUT2D eigenvalue weighted by atomic mass is 16.5. The predicted molar refractivity (Wildman–Crippen MR) is 87.8 cm³/mol. The molecule has 0 aromatic heterocycles. The number of amidine groups is 1. The molecule has 3 rings (SSSR count). The van der Waals surface area contributed by atoms with Gasteiger partial charge in [0, 0.05) is 13.5 Å². The zero-order valence-electron chi connectivity index (χ0n) is 13.3. The number of primary amides is 1. The molecule has 1 saturated heterocycles. The number of benzene rings is 1. The molecule has 1 aromatic carbocycles. The van der Waals surface area contributed by atoms with Gasteiger partial charge in [0.1, 0.15) is 5.84 Å². The topological polar surface area (TPSA) is 96.9 Å². The lowest BCUT2D eigenvalue weighted by molar-refractivity contribution is -0.121. The summed E-state index contributed by atoms with van der Waals surface area (Å²) in [6.45, 7) is 0.666. The van der Waals surface area contributed by atoms with E-state index in [4.69, 9.17) is 10.5 Å². The molecule has 3 atom stereocenters. The molecule has 6 heteroatoms. The first-order valence-electron chi connectivity index (χ1n) is 8.01. The van der Waals surface area contributed by atoms with Crippen LogP contribution in [0.5, 0.6) is 0 Å². The Bertz CT molecular complexity index is 628. The summed E-state index contributed by atoms with van der Waals surface area (Å²) in [6, 6.07) is 6.01.